The van der Waals surface area contributed by atoms with Crippen molar-refractivity contribution in [1.82, 2.24) is 0 Å². The Morgan fingerprint density at radius 2 is 2.25 bits per heavy atom. The van der Waals surface area contributed by atoms with Crippen LogP contribution in [0.4, 0.5) is 4.39 Å². The van der Waals surface area contributed by atoms with Crippen LogP contribution in [0.15, 0.2) is 18.2 Å². The molecule has 0 saturated carbocycles. The van der Waals surface area contributed by atoms with Crippen molar-refractivity contribution in [3.05, 3.63) is 35.1 Å². The van der Waals surface area contributed by atoms with Crippen molar-refractivity contribution in [3.8, 4) is 0 Å². The van der Waals surface area contributed by atoms with Gasteiger partial charge in [0.15, 0.2) is 0 Å². The van der Waals surface area contributed by atoms with E-state index >= 15 is 0 Å². The summed E-state index contributed by atoms with van der Waals surface area (Å²) in [6.45, 7) is 1.66. The molecule has 1 unspecified atom stereocenters. The first kappa shape index (κ1) is 8.87. The molecular weight excluding hydrogens is 157 g/mol. The van der Waals surface area contributed by atoms with Crippen LogP contribution in [-0.4, -0.2) is 6.29 Å². The van der Waals surface area contributed by atoms with Crippen molar-refractivity contribution in [2.75, 3.05) is 0 Å². The normalized spacial score (nSPS) is 12.6. The molecule has 0 aliphatic carbocycles. The molecule has 0 bridgehead atoms. The minimum Gasteiger partial charge on any atom is -0.318 e. The Kier molecular flexibility index (Phi) is 2.55. The predicted octanol–water partition coefficient (Wildman–Crippen LogP) is 1.33. The smallest absolute Gasteiger partial charge is 0.141 e. The van der Waals surface area contributed by atoms with Gasteiger partial charge in [0.05, 0.1) is 6.04 Å². The van der Waals surface area contributed by atoms with Crippen LogP contribution in [0.2, 0.25) is 0 Å². The van der Waals surface area contributed by atoms with Gasteiger partial charge < -0.3 is 10.5 Å². The van der Waals surface area contributed by atoms with Crippen LogP contribution in [0.1, 0.15) is 17.2 Å². The summed E-state index contributed by atoms with van der Waals surface area (Å²) in [6.07, 6.45) is 0.587. The van der Waals surface area contributed by atoms with E-state index in [1.165, 1.54) is 6.07 Å². The first-order valence-corrected chi connectivity index (χ1v) is 3.62. The SMILES string of the molecule is Cc1ccc(C(N)C=O)cc1F. The van der Waals surface area contributed by atoms with Crippen molar-refractivity contribution < 1.29 is 9.18 Å². The monoisotopic (exact) mass is 167 g/mol. The highest BCUT2D eigenvalue weighted by atomic mass is 19.1. The van der Waals surface area contributed by atoms with Crippen molar-refractivity contribution in [3.63, 3.8) is 0 Å². The van der Waals surface area contributed by atoms with Crippen LogP contribution in [0.25, 0.3) is 0 Å². The number of benzene rings is 1. The van der Waals surface area contributed by atoms with Gasteiger partial charge in [0.25, 0.3) is 0 Å². The highest BCUT2D eigenvalue weighted by Gasteiger charge is 2.05. The Bertz CT molecular complexity index is 299. The van der Waals surface area contributed by atoms with Gasteiger partial charge >= 0.3 is 0 Å². The number of halogens is 1. The zero-order chi connectivity index (χ0) is 9.14. The van der Waals surface area contributed by atoms with Gasteiger partial charge in [0, 0.05) is 0 Å². The Hall–Kier alpha value is -1.22. The molecule has 0 aliphatic heterocycles. The third-order valence-corrected chi connectivity index (χ3v) is 1.73. The Labute approximate surface area is 70.2 Å². The van der Waals surface area contributed by atoms with E-state index in [2.05, 4.69) is 0 Å². The molecule has 0 radical (unpaired) electrons. The zero-order valence-electron chi connectivity index (χ0n) is 6.75. The topological polar surface area (TPSA) is 43.1 Å². The van der Waals surface area contributed by atoms with E-state index in [-0.39, 0.29) is 5.82 Å². The second-order valence-corrected chi connectivity index (χ2v) is 2.67. The molecule has 2 N–H and O–H groups in total. The van der Waals surface area contributed by atoms with Gasteiger partial charge in [-0.1, -0.05) is 12.1 Å². The molecule has 1 atom stereocenters. The standard InChI is InChI=1S/C9H10FNO/c1-6-2-3-7(4-8(6)10)9(11)5-12/h2-5,9H,11H2,1H3. The van der Waals surface area contributed by atoms with Crippen molar-refractivity contribution >= 4 is 6.29 Å². The van der Waals surface area contributed by atoms with Gasteiger partial charge in [-0.15, -0.1) is 0 Å². The average molecular weight is 167 g/mol. The number of aryl methyl sites for hydroxylation is 1. The summed E-state index contributed by atoms with van der Waals surface area (Å²) in [7, 11) is 0. The average Bonchev–Trinajstić information content (AvgIpc) is 2.08. The lowest BCUT2D eigenvalue weighted by Crippen LogP contribution is -2.11. The summed E-state index contributed by atoms with van der Waals surface area (Å²) < 4.78 is 12.9. The quantitative estimate of drug-likeness (QED) is 0.675. The molecule has 0 saturated heterocycles. The van der Waals surface area contributed by atoms with Crippen molar-refractivity contribution in [2.24, 2.45) is 5.73 Å². The molecular formula is C9H10FNO. The first-order valence-electron chi connectivity index (χ1n) is 3.62. The maximum atomic E-state index is 12.9. The van der Waals surface area contributed by atoms with Crippen LogP contribution in [-0.2, 0) is 4.79 Å². The fraction of sp³-hybridized carbons (Fsp3) is 0.222. The van der Waals surface area contributed by atoms with Gasteiger partial charge in [-0.05, 0) is 24.1 Å². The lowest BCUT2D eigenvalue weighted by atomic mass is 10.1. The second kappa shape index (κ2) is 3.45. The molecule has 64 valence electrons. The fourth-order valence-corrected chi connectivity index (χ4v) is 0.895. The third kappa shape index (κ3) is 1.68. The van der Waals surface area contributed by atoms with Crippen LogP contribution in [0.5, 0.6) is 0 Å². The van der Waals surface area contributed by atoms with Gasteiger partial charge in [-0.2, -0.15) is 0 Å². The second-order valence-electron chi connectivity index (χ2n) is 2.67. The number of nitrogens with two attached hydrogens (primary N) is 1. The maximum absolute atomic E-state index is 12.9. The summed E-state index contributed by atoms with van der Waals surface area (Å²) in [5, 5.41) is 0. The predicted molar refractivity (Wildman–Crippen MR) is 44.1 cm³/mol. The molecule has 1 aromatic rings. The highest BCUT2D eigenvalue weighted by Crippen LogP contribution is 2.13. The van der Waals surface area contributed by atoms with Gasteiger partial charge in [-0.3, -0.25) is 0 Å². The molecule has 2 nitrogen and oxygen atoms in total. The fourth-order valence-electron chi connectivity index (χ4n) is 0.895. The summed E-state index contributed by atoms with van der Waals surface area (Å²) >= 11 is 0. The maximum Gasteiger partial charge on any atom is 0.141 e. The molecule has 1 rings (SSSR count). The molecule has 0 aromatic heterocycles. The lowest BCUT2D eigenvalue weighted by molar-refractivity contribution is -0.109. The van der Waals surface area contributed by atoms with Crippen LogP contribution in [0.3, 0.4) is 0 Å². The summed E-state index contributed by atoms with van der Waals surface area (Å²) in [4.78, 5) is 10.3. The summed E-state index contributed by atoms with van der Waals surface area (Å²) in [5.41, 5.74) is 6.44. The molecule has 1 aromatic carbocycles. The third-order valence-electron chi connectivity index (χ3n) is 1.73. The minimum absolute atomic E-state index is 0.329. The number of rotatable bonds is 2. The zero-order valence-corrected chi connectivity index (χ0v) is 6.75. The summed E-state index contributed by atoms with van der Waals surface area (Å²) in [6, 6.07) is 3.82. The number of hydrogen-bond donors (Lipinski definition) is 1. The van der Waals surface area contributed by atoms with E-state index in [0.717, 1.165) is 0 Å². The highest BCUT2D eigenvalue weighted by molar-refractivity contribution is 5.60. The Morgan fingerprint density at radius 1 is 1.58 bits per heavy atom. The van der Waals surface area contributed by atoms with Gasteiger partial charge in [-0.25, -0.2) is 4.39 Å². The van der Waals surface area contributed by atoms with Crippen molar-refractivity contribution in [1.29, 1.82) is 0 Å². The number of carbonyl (C=O) groups is 1. The van der Waals surface area contributed by atoms with E-state index in [4.69, 9.17) is 5.73 Å². The summed E-state index contributed by atoms with van der Waals surface area (Å²) in [5.74, 6) is -0.329. The van der Waals surface area contributed by atoms with E-state index in [9.17, 15) is 9.18 Å². The molecule has 0 heterocycles. The van der Waals surface area contributed by atoms with Crippen molar-refractivity contribution in [2.45, 2.75) is 13.0 Å². The van der Waals surface area contributed by atoms with E-state index in [1.54, 1.807) is 19.1 Å². The molecule has 0 amide bonds. The largest absolute Gasteiger partial charge is 0.318 e. The Morgan fingerprint density at radius 3 is 2.75 bits per heavy atom. The van der Waals surface area contributed by atoms with E-state index < -0.39 is 6.04 Å². The minimum atomic E-state index is -0.722. The molecule has 0 spiro atoms. The Balaban J connectivity index is 3.04. The van der Waals surface area contributed by atoms with Gasteiger partial charge in [0.2, 0.25) is 0 Å². The van der Waals surface area contributed by atoms with Crippen LogP contribution < -0.4 is 5.73 Å². The van der Waals surface area contributed by atoms with E-state index in [0.29, 0.717) is 17.4 Å². The number of aldehydes is 1. The lowest BCUT2D eigenvalue weighted by Gasteiger charge is -2.04. The molecule has 0 fully saturated rings. The van der Waals surface area contributed by atoms with Crippen LogP contribution in [0, 0.1) is 12.7 Å². The van der Waals surface area contributed by atoms with Gasteiger partial charge in [0.1, 0.15) is 12.1 Å². The number of carbonyl (C=O) groups excluding carboxylic acids is 1. The molecule has 3 heteroatoms. The van der Waals surface area contributed by atoms with E-state index in [1.807, 2.05) is 0 Å². The first-order chi connectivity index (χ1) is 5.65. The molecule has 0 aliphatic rings. The van der Waals surface area contributed by atoms with Crippen LogP contribution >= 0.6 is 0 Å². The number of hydrogen-bond acceptors (Lipinski definition) is 2. The molecule has 12 heavy (non-hydrogen) atoms.